The first-order valence-corrected chi connectivity index (χ1v) is 9.16. The number of ether oxygens (including phenoxy) is 2. The second-order valence-electron chi connectivity index (χ2n) is 6.89. The summed E-state index contributed by atoms with van der Waals surface area (Å²) in [5.41, 5.74) is 4.04. The number of benzene rings is 2. The fourth-order valence-electron chi connectivity index (χ4n) is 3.49. The maximum absolute atomic E-state index is 5.43. The van der Waals surface area contributed by atoms with Gasteiger partial charge in [-0.1, -0.05) is 30.3 Å². The van der Waals surface area contributed by atoms with Gasteiger partial charge in [0.05, 0.1) is 0 Å². The van der Waals surface area contributed by atoms with Crippen LogP contribution in [0.4, 0.5) is 0 Å². The standard InChI is InChI=1S/C21H25N3O2/c1-14-5-3-4-6-16(14)17-12-18(17)24-21(22-2)23-10-9-15-7-8-19-20(11-15)26-13-25-19/h3-8,11,17-18H,9-10,12-13H2,1-2H3,(H2,22,23,24). The molecule has 1 heterocycles. The van der Waals surface area contributed by atoms with Crippen molar-refractivity contribution in [1.82, 2.24) is 10.6 Å². The van der Waals surface area contributed by atoms with Crippen molar-refractivity contribution in [1.29, 1.82) is 0 Å². The van der Waals surface area contributed by atoms with E-state index in [1.165, 1.54) is 16.7 Å². The van der Waals surface area contributed by atoms with E-state index in [1.807, 2.05) is 13.1 Å². The van der Waals surface area contributed by atoms with Gasteiger partial charge >= 0.3 is 0 Å². The number of fused-ring (bicyclic) bond motifs is 1. The molecule has 5 heteroatoms. The second kappa shape index (κ2) is 7.28. The zero-order valence-electron chi connectivity index (χ0n) is 15.3. The Morgan fingerprint density at radius 2 is 2.00 bits per heavy atom. The van der Waals surface area contributed by atoms with Crippen LogP contribution < -0.4 is 20.1 Å². The van der Waals surface area contributed by atoms with Gasteiger partial charge in [0, 0.05) is 25.6 Å². The average molecular weight is 351 g/mol. The molecule has 2 N–H and O–H groups in total. The Kier molecular flexibility index (Phi) is 4.69. The van der Waals surface area contributed by atoms with Crippen LogP contribution in [0.1, 0.15) is 29.0 Å². The first-order chi connectivity index (χ1) is 12.7. The number of guanidine groups is 1. The smallest absolute Gasteiger partial charge is 0.231 e. The lowest BCUT2D eigenvalue weighted by molar-refractivity contribution is 0.174. The van der Waals surface area contributed by atoms with E-state index < -0.39 is 0 Å². The predicted molar refractivity (Wildman–Crippen MR) is 103 cm³/mol. The van der Waals surface area contributed by atoms with E-state index in [9.17, 15) is 0 Å². The molecule has 2 aromatic rings. The molecule has 26 heavy (non-hydrogen) atoms. The molecule has 0 radical (unpaired) electrons. The molecule has 0 bridgehead atoms. The summed E-state index contributed by atoms with van der Waals surface area (Å²) >= 11 is 0. The molecule has 2 aliphatic rings. The van der Waals surface area contributed by atoms with Crippen molar-refractivity contribution in [2.24, 2.45) is 4.99 Å². The highest BCUT2D eigenvalue weighted by molar-refractivity contribution is 5.80. The first-order valence-electron chi connectivity index (χ1n) is 9.16. The van der Waals surface area contributed by atoms with Crippen molar-refractivity contribution < 1.29 is 9.47 Å². The summed E-state index contributed by atoms with van der Waals surface area (Å²) in [5.74, 6) is 3.12. The highest BCUT2D eigenvalue weighted by Crippen LogP contribution is 2.42. The SMILES string of the molecule is CN=C(NCCc1ccc2c(c1)OCO2)NC1CC1c1ccccc1C. The van der Waals surface area contributed by atoms with Crippen molar-refractivity contribution in [2.45, 2.75) is 31.7 Å². The highest BCUT2D eigenvalue weighted by Gasteiger charge is 2.39. The summed E-state index contributed by atoms with van der Waals surface area (Å²) in [7, 11) is 1.82. The number of aliphatic imine (C=N–C) groups is 1. The van der Waals surface area contributed by atoms with Gasteiger partial charge < -0.3 is 20.1 Å². The lowest BCUT2D eigenvalue weighted by Crippen LogP contribution is -2.39. The van der Waals surface area contributed by atoms with Crippen LogP contribution in [0, 0.1) is 6.92 Å². The van der Waals surface area contributed by atoms with Gasteiger partial charge in [-0.2, -0.15) is 0 Å². The van der Waals surface area contributed by atoms with Crippen molar-refractivity contribution >= 4 is 5.96 Å². The fraction of sp³-hybridized carbons (Fsp3) is 0.381. The van der Waals surface area contributed by atoms with E-state index in [0.717, 1.165) is 36.8 Å². The van der Waals surface area contributed by atoms with E-state index in [0.29, 0.717) is 18.8 Å². The third-order valence-electron chi connectivity index (χ3n) is 5.07. The zero-order valence-corrected chi connectivity index (χ0v) is 15.3. The van der Waals surface area contributed by atoms with Crippen LogP contribution in [-0.4, -0.2) is 32.4 Å². The van der Waals surface area contributed by atoms with Crippen LogP contribution in [0.2, 0.25) is 0 Å². The molecule has 4 rings (SSSR count). The lowest BCUT2D eigenvalue weighted by atomic mass is 10.0. The number of hydrogen-bond acceptors (Lipinski definition) is 3. The van der Waals surface area contributed by atoms with Gasteiger partial charge in [0.15, 0.2) is 17.5 Å². The monoisotopic (exact) mass is 351 g/mol. The van der Waals surface area contributed by atoms with Crippen LogP contribution in [0.15, 0.2) is 47.5 Å². The number of hydrogen-bond donors (Lipinski definition) is 2. The van der Waals surface area contributed by atoms with Crippen molar-refractivity contribution in [2.75, 3.05) is 20.4 Å². The average Bonchev–Trinajstić information content (AvgIpc) is 3.25. The number of nitrogens with zero attached hydrogens (tertiary/aromatic N) is 1. The largest absolute Gasteiger partial charge is 0.454 e. The van der Waals surface area contributed by atoms with Crippen molar-refractivity contribution in [3.05, 3.63) is 59.2 Å². The minimum Gasteiger partial charge on any atom is -0.454 e. The molecule has 1 saturated carbocycles. The molecule has 0 aromatic heterocycles. The van der Waals surface area contributed by atoms with Gasteiger partial charge in [0.25, 0.3) is 0 Å². The van der Waals surface area contributed by atoms with Crippen LogP contribution >= 0.6 is 0 Å². The molecule has 5 nitrogen and oxygen atoms in total. The third kappa shape index (κ3) is 3.62. The minimum absolute atomic E-state index is 0.317. The van der Waals surface area contributed by atoms with Crippen LogP contribution in [0.5, 0.6) is 11.5 Å². The maximum atomic E-state index is 5.43. The molecule has 136 valence electrons. The molecule has 2 unspecified atom stereocenters. The van der Waals surface area contributed by atoms with Gasteiger partial charge in [-0.25, -0.2) is 0 Å². The molecule has 1 fully saturated rings. The van der Waals surface area contributed by atoms with E-state index in [-0.39, 0.29) is 0 Å². The normalized spacial score (nSPS) is 20.8. The highest BCUT2D eigenvalue weighted by atomic mass is 16.7. The van der Waals surface area contributed by atoms with Gasteiger partial charge in [-0.15, -0.1) is 0 Å². The summed E-state index contributed by atoms with van der Waals surface area (Å²) in [6, 6.07) is 15.2. The zero-order chi connectivity index (χ0) is 17.9. The van der Waals surface area contributed by atoms with Crippen LogP contribution in [0.25, 0.3) is 0 Å². The molecule has 1 aliphatic heterocycles. The van der Waals surface area contributed by atoms with E-state index in [4.69, 9.17) is 9.47 Å². The molecule has 1 aliphatic carbocycles. The lowest BCUT2D eigenvalue weighted by Gasteiger charge is -2.12. The van der Waals surface area contributed by atoms with Gasteiger partial charge in [-0.3, -0.25) is 4.99 Å². The number of nitrogens with one attached hydrogen (secondary N) is 2. The molecule has 2 atom stereocenters. The predicted octanol–water partition coefficient (Wildman–Crippen LogP) is 2.99. The molecule has 0 saturated heterocycles. The first kappa shape index (κ1) is 16.8. The Hall–Kier alpha value is -2.69. The Bertz CT molecular complexity index is 819. The Balaban J connectivity index is 1.26. The topological polar surface area (TPSA) is 54.9 Å². The maximum Gasteiger partial charge on any atom is 0.231 e. The van der Waals surface area contributed by atoms with Gasteiger partial charge in [0.2, 0.25) is 6.79 Å². The summed E-state index contributed by atoms with van der Waals surface area (Å²) in [6.07, 6.45) is 2.07. The second-order valence-corrected chi connectivity index (χ2v) is 6.89. The van der Waals surface area contributed by atoms with Crippen LogP contribution in [-0.2, 0) is 6.42 Å². The number of aryl methyl sites for hydroxylation is 1. The third-order valence-corrected chi connectivity index (χ3v) is 5.07. The molecular formula is C21H25N3O2. The van der Waals surface area contributed by atoms with Gasteiger partial charge in [-0.05, 0) is 48.6 Å². The fourth-order valence-corrected chi connectivity index (χ4v) is 3.49. The van der Waals surface area contributed by atoms with Crippen molar-refractivity contribution in [3.8, 4) is 11.5 Å². The van der Waals surface area contributed by atoms with Gasteiger partial charge in [0.1, 0.15) is 0 Å². The molecule has 0 amide bonds. The summed E-state index contributed by atoms with van der Waals surface area (Å²) in [5, 5.41) is 6.95. The van der Waals surface area contributed by atoms with E-state index in [1.54, 1.807) is 0 Å². The molecule has 2 aromatic carbocycles. The Morgan fingerprint density at radius 1 is 1.15 bits per heavy atom. The molecular weight excluding hydrogens is 326 g/mol. The van der Waals surface area contributed by atoms with Crippen molar-refractivity contribution in [3.63, 3.8) is 0 Å². The Labute approximate surface area is 154 Å². The Morgan fingerprint density at radius 3 is 2.85 bits per heavy atom. The molecule has 0 spiro atoms. The summed E-state index contributed by atoms with van der Waals surface area (Å²) < 4.78 is 10.8. The minimum atomic E-state index is 0.317. The van der Waals surface area contributed by atoms with Crippen LogP contribution in [0.3, 0.4) is 0 Å². The quantitative estimate of drug-likeness (QED) is 0.642. The summed E-state index contributed by atoms with van der Waals surface area (Å²) in [4.78, 5) is 4.36. The summed E-state index contributed by atoms with van der Waals surface area (Å²) in [6.45, 7) is 3.32. The van der Waals surface area contributed by atoms with E-state index >= 15 is 0 Å². The van der Waals surface area contributed by atoms with E-state index in [2.05, 4.69) is 58.9 Å². The number of rotatable bonds is 5.